The fraction of sp³-hybridized carbons (Fsp3) is 0.455. The van der Waals surface area contributed by atoms with Gasteiger partial charge in [-0.15, -0.1) is 0 Å². The molecule has 0 aliphatic carbocycles. The first-order valence-corrected chi connectivity index (χ1v) is 5.43. The third-order valence-corrected chi connectivity index (χ3v) is 2.95. The number of nitrogens with one attached hydrogen (secondary N) is 1. The summed E-state index contributed by atoms with van der Waals surface area (Å²) in [6, 6.07) is 4.51. The highest BCUT2D eigenvalue weighted by Crippen LogP contribution is 2.12. The summed E-state index contributed by atoms with van der Waals surface area (Å²) >= 11 is 0. The van der Waals surface area contributed by atoms with E-state index in [1.165, 1.54) is 12.8 Å². The standard InChI is InChI=1S/C11H14N4/c1-3-9(12-5-1)7-15-8-14-10-4-2-6-13-11(10)15/h2,4,6,8-9,12H,1,3,5,7H2. The minimum Gasteiger partial charge on any atom is -0.314 e. The highest BCUT2D eigenvalue weighted by Gasteiger charge is 2.15. The van der Waals surface area contributed by atoms with Gasteiger partial charge >= 0.3 is 0 Å². The normalized spacial score (nSPS) is 21.2. The monoisotopic (exact) mass is 202 g/mol. The molecule has 1 N–H and O–H groups in total. The fourth-order valence-electron chi connectivity index (χ4n) is 2.18. The van der Waals surface area contributed by atoms with Crippen molar-refractivity contribution in [3.05, 3.63) is 24.7 Å². The van der Waals surface area contributed by atoms with Crippen molar-refractivity contribution >= 4 is 11.2 Å². The van der Waals surface area contributed by atoms with Crippen LogP contribution in [0.3, 0.4) is 0 Å². The van der Waals surface area contributed by atoms with Crippen LogP contribution in [-0.2, 0) is 6.54 Å². The second-order valence-corrected chi connectivity index (χ2v) is 4.04. The molecule has 4 nitrogen and oxygen atoms in total. The molecule has 2 aromatic heterocycles. The highest BCUT2D eigenvalue weighted by atomic mass is 15.1. The number of hydrogen-bond donors (Lipinski definition) is 1. The van der Waals surface area contributed by atoms with Gasteiger partial charge in [-0.05, 0) is 31.5 Å². The maximum Gasteiger partial charge on any atom is 0.159 e. The Labute approximate surface area is 88.3 Å². The van der Waals surface area contributed by atoms with E-state index in [4.69, 9.17) is 0 Å². The maximum atomic E-state index is 4.36. The van der Waals surface area contributed by atoms with Crippen molar-refractivity contribution in [2.45, 2.75) is 25.4 Å². The lowest BCUT2D eigenvalue weighted by Gasteiger charge is -2.10. The Kier molecular flexibility index (Phi) is 2.14. The smallest absolute Gasteiger partial charge is 0.159 e. The zero-order valence-electron chi connectivity index (χ0n) is 8.56. The summed E-state index contributed by atoms with van der Waals surface area (Å²) in [5, 5.41) is 3.48. The molecule has 0 spiro atoms. The zero-order chi connectivity index (χ0) is 10.1. The second-order valence-electron chi connectivity index (χ2n) is 4.04. The van der Waals surface area contributed by atoms with Crippen LogP contribution in [0.2, 0.25) is 0 Å². The molecular formula is C11H14N4. The first-order valence-electron chi connectivity index (χ1n) is 5.43. The Balaban J connectivity index is 1.90. The van der Waals surface area contributed by atoms with E-state index in [9.17, 15) is 0 Å². The summed E-state index contributed by atoms with van der Waals surface area (Å²) in [5.41, 5.74) is 1.97. The molecule has 0 aromatic carbocycles. The Morgan fingerprint density at radius 1 is 1.47 bits per heavy atom. The molecular weight excluding hydrogens is 188 g/mol. The van der Waals surface area contributed by atoms with Crippen molar-refractivity contribution in [3.63, 3.8) is 0 Å². The first-order chi connectivity index (χ1) is 7.43. The van der Waals surface area contributed by atoms with Crippen molar-refractivity contribution in [1.82, 2.24) is 19.9 Å². The lowest BCUT2D eigenvalue weighted by Crippen LogP contribution is -2.26. The van der Waals surface area contributed by atoms with Crippen molar-refractivity contribution in [1.29, 1.82) is 0 Å². The van der Waals surface area contributed by atoms with Crippen LogP contribution in [0.15, 0.2) is 24.7 Å². The lowest BCUT2D eigenvalue weighted by atomic mass is 10.2. The Hall–Kier alpha value is -1.42. The topological polar surface area (TPSA) is 42.7 Å². The van der Waals surface area contributed by atoms with E-state index in [2.05, 4.69) is 19.9 Å². The van der Waals surface area contributed by atoms with Gasteiger partial charge in [-0.1, -0.05) is 0 Å². The molecule has 1 aliphatic heterocycles. The maximum absolute atomic E-state index is 4.36. The molecule has 1 atom stereocenters. The largest absolute Gasteiger partial charge is 0.314 e. The molecule has 1 aliphatic rings. The van der Waals surface area contributed by atoms with E-state index in [1.807, 2.05) is 24.7 Å². The van der Waals surface area contributed by atoms with Crippen LogP contribution in [0.25, 0.3) is 11.2 Å². The van der Waals surface area contributed by atoms with E-state index in [0.717, 1.165) is 24.3 Å². The Morgan fingerprint density at radius 2 is 2.47 bits per heavy atom. The summed E-state index contributed by atoms with van der Waals surface area (Å²) in [7, 11) is 0. The molecule has 0 bridgehead atoms. The Bertz CT molecular complexity index is 456. The summed E-state index contributed by atoms with van der Waals surface area (Å²) in [6.07, 6.45) is 6.25. The molecule has 1 saturated heterocycles. The fourth-order valence-corrected chi connectivity index (χ4v) is 2.18. The van der Waals surface area contributed by atoms with Gasteiger partial charge in [0, 0.05) is 18.8 Å². The highest BCUT2D eigenvalue weighted by molar-refractivity contribution is 5.69. The van der Waals surface area contributed by atoms with Crippen LogP contribution < -0.4 is 5.32 Å². The molecule has 2 aromatic rings. The number of pyridine rings is 1. The quantitative estimate of drug-likeness (QED) is 0.795. The minimum atomic E-state index is 0.587. The van der Waals surface area contributed by atoms with Crippen molar-refractivity contribution in [2.75, 3.05) is 6.54 Å². The van der Waals surface area contributed by atoms with Crippen LogP contribution in [0.1, 0.15) is 12.8 Å². The number of nitrogens with zero attached hydrogens (tertiary/aromatic N) is 3. The van der Waals surface area contributed by atoms with E-state index >= 15 is 0 Å². The Morgan fingerprint density at radius 3 is 3.33 bits per heavy atom. The van der Waals surface area contributed by atoms with E-state index < -0.39 is 0 Å². The predicted octanol–water partition coefficient (Wildman–Crippen LogP) is 1.18. The molecule has 3 rings (SSSR count). The van der Waals surface area contributed by atoms with Gasteiger partial charge in [0.15, 0.2) is 5.65 Å². The van der Waals surface area contributed by atoms with E-state index in [0.29, 0.717) is 6.04 Å². The molecule has 78 valence electrons. The molecule has 0 amide bonds. The number of rotatable bonds is 2. The molecule has 15 heavy (non-hydrogen) atoms. The van der Waals surface area contributed by atoms with Crippen LogP contribution in [-0.4, -0.2) is 27.1 Å². The third-order valence-electron chi connectivity index (χ3n) is 2.95. The minimum absolute atomic E-state index is 0.587. The summed E-state index contributed by atoms with van der Waals surface area (Å²) in [4.78, 5) is 8.69. The van der Waals surface area contributed by atoms with Gasteiger partial charge in [0.1, 0.15) is 5.52 Å². The lowest BCUT2D eigenvalue weighted by molar-refractivity contribution is 0.515. The van der Waals surface area contributed by atoms with Gasteiger partial charge in [0.05, 0.1) is 6.33 Å². The van der Waals surface area contributed by atoms with Crippen LogP contribution in [0, 0.1) is 0 Å². The average molecular weight is 202 g/mol. The van der Waals surface area contributed by atoms with Crippen molar-refractivity contribution in [3.8, 4) is 0 Å². The van der Waals surface area contributed by atoms with Gasteiger partial charge in [0.25, 0.3) is 0 Å². The van der Waals surface area contributed by atoms with Crippen molar-refractivity contribution < 1.29 is 0 Å². The number of hydrogen-bond acceptors (Lipinski definition) is 3. The molecule has 0 radical (unpaired) electrons. The third kappa shape index (κ3) is 1.61. The van der Waals surface area contributed by atoms with Crippen LogP contribution >= 0.6 is 0 Å². The molecule has 0 saturated carbocycles. The first kappa shape index (κ1) is 8.85. The summed E-state index contributed by atoms with van der Waals surface area (Å²) in [5.74, 6) is 0. The van der Waals surface area contributed by atoms with Crippen molar-refractivity contribution in [2.24, 2.45) is 0 Å². The zero-order valence-corrected chi connectivity index (χ0v) is 8.56. The van der Waals surface area contributed by atoms with Gasteiger partial charge < -0.3 is 9.88 Å². The van der Waals surface area contributed by atoms with Gasteiger partial charge in [-0.3, -0.25) is 0 Å². The van der Waals surface area contributed by atoms with E-state index in [1.54, 1.807) is 0 Å². The molecule has 3 heterocycles. The second kappa shape index (κ2) is 3.62. The molecule has 1 unspecified atom stereocenters. The molecule has 4 heteroatoms. The number of aromatic nitrogens is 3. The van der Waals surface area contributed by atoms with Gasteiger partial charge in [-0.2, -0.15) is 0 Å². The van der Waals surface area contributed by atoms with E-state index in [-0.39, 0.29) is 0 Å². The SMILES string of the molecule is c1cnc2c(c1)ncn2CC1CCCN1. The number of imidazole rings is 1. The van der Waals surface area contributed by atoms with Crippen LogP contribution in [0.5, 0.6) is 0 Å². The summed E-state index contributed by atoms with van der Waals surface area (Å²) < 4.78 is 2.14. The average Bonchev–Trinajstić information content (AvgIpc) is 2.89. The molecule has 1 fully saturated rings. The summed E-state index contributed by atoms with van der Waals surface area (Å²) in [6.45, 7) is 2.12. The number of fused-ring (bicyclic) bond motifs is 1. The van der Waals surface area contributed by atoms with Gasteiger partial charge in [0.2, 0.25) is 0 Å². The van der Waals surface area contributed by atoms with Crippen LogP contribution in [0.4, 0.5) is 0 Å². The predicted molar refractivity (Wildman–Crippen MR) is 58.6 cm³/mol. The van der Waals surface area contributed by atoms with Gasteiger partial charge in [-0.25, -0.2) is 9.97 Å².